The maximum atomic E-state index is 5.76. The van der Waals surface area contributed by atoms with Crippen molar-refractivity contribution in [2.75, 3.05) is 43.5 Å². The van der Waals surface area contributed by atoms with Crippen molar-refractivity contribution in [3.05, 3.63) is 24.0 Å². The summed E-state index contributed by atoms with van der Waals surface area (Å²) in [5, 5.41) is 14.0. The van der Waals surface area contributed by atoms with Crippen LogP contribution in [0.1, 0.15) is 37.3 Å². The van der Waals surface area contributed by atoms with Crippen LogP contribution >= 0.6 is 0 Å². The van der Waals surface area contributed by atoms with E-state index in [1.807, 2.05) is 13.1 Å². The first-order valence-corrected chi connectivity index (χ1v) is 9.48. The van der Waals surface area contributed by atoms with E-state index in [-0.39, 0.29) is 6.10 Å². The molecule has 0 amide bonds. The van der Waals surface area contributed by atoms with Gasteiger partial charge < -0.3 is 20.3 Å². The SMILES string of the molecule is CNC[C@@H]1CN(c2nccc(Nc3cc(C4CCCC4)[nH]n3)n2)CCO1. The van der Waals surface area contributed by atoms with Crippen molar-refractivity contribution in [1.82, 2.24) is 25.5 Å². The van der Waals surface area contributed by atoms with E-state index in [9.17, 15) is 0 Å². The molecular weight excluding hydrogens is 330 g/mol. The van der Waals surface area contributed by atoms with Crippen LogP contribution in [0.4, 0.5) is 17.6 Å². The number of nitrogens with zero attached hydrogens (tertiary/aromatic N) is 4. The second kappa shape index (κ2) is 8.01. The van der Waals surface area contributed by atoms with Gasteiger partial charge in [0.1, 0.15) is 5.82 Å². The van der Waals surface area contributed by atoms with E-state index in [0.29, 0.717) is 12.5 Å². The van der Waals surface area contributed by atoms with Gasteiger partial charge in [0.15, 0.2) is 5.82 Å². The van der Waals surface area contributed by atoms with Crippen molar-refractivity contribution in [2.24, 2.45) is 0 Å². The molecule has 26 heavy (non-hydrogen) atoms. The molecule has 2 aliphatic rings. The molecule has 4 rings (SSSR count). The number of hydrogen-bond acceptors (Lipinski definition) is 7. The highest BCUT2D eigenvalue weighted by molar-refractivity contribution is 5.53. The molecule has 1 saturated heterocycles. The lowest BCUT2D eigenvalue weighted by molar-refractivity contribution is 0.0416. The van der Waals surface area contributed by atoms with Gasteiger partial charge in [-0.25, -0.2) is 4.98 Å². The van der Waals surface area contributed by atoms with Gasteiger partial charge in [0.2, 0.25) is 5.95 Å². The zero-order valence-electron chi connectivity index (χ0n) is 15.2. The lowest BCUT2D eigenvalue weighted by Gasteiger charge is -2.32. The Hall–Kier alpha value is -2.19. The number of aromatic amines is 1. The van der Waals surface area contributed by atoms with Crippen molar-refractivity contribution in [3.8, 4) is 0 Å². The summed E-state index contributed by atoms with van der Waals surface area (Å²) in [5.41, 5.74) is 1.22. The lowest BCUT2D eigenvalue weighted by Crippen LogP contribution is -2.46. The van der Waals surface area contributed by atoms with E-state index in [2.05, 4.69) is 41.8 Å². The molecule has 1 atom stereocenters. The minimum atomic E-state index is 0.161. The number of rotatable bonds is 6. The summed E-state index contributed by atoms with van der Waals surface area (Å²) >= 11 is 0. The number of ether oxygens (including phenoxy) is 1. The Balaban J connectivity index is 1.42. The second-order valence-electron chi connectivity index (χ2n) is 7.05. The van der Waals surface area contributed by atoms with E-state index in [1.54, 1.807) is 6.20 Å². The van der Waals surface area contributed by atoms with Crippen molar-refractivity contribution in [2.45, 2.75) is 37.7 Å². The predicted molar refractivity (Wildman–Crippen MR) is 101 cm³/mol. The van der Waals surface area contributed by atoms with Gasteiger partial charge in [-0.2, -0.15) is 10.1 Å². The molecule has 8 heteroatoms. The third-order valence-electron chi connectivity index (χ3n) is 5.15. The van der Waals surface area contributed by atoms with Crippen LogP contribution in [0.3, 0.4) is 0 Å². The summed E-state index contributed by atoms with van der Waals surface area (Å²) in [6.45, 7) is 3.11. The summed E-state index contributed by atoms with van der Waals surface area (Å²) in [6.07, 6.45) is 7.09. The maximum Gasteiger partial charge on any atom is 0.227 e. The highest BCUT2D eigenvalue weighted by Crippen LogP contribution is 2.34. The van der Waals surface area contributed by atoms with Crippen LogP contribution in [-0.4, -0.2) is 59.6 Å². The van der Waals surface area contributed by atoms with E-state index in [0.717, 1.165) is 37.2 Å². The molecule has 2 aromatic rings. The Bertz CT molecular complexity index is 711. The molecule has 0 radical (unpaired) electrons. The molecule has 2 fully saturated rings. The normalized spacial score (nSPS) is 21.3. The average molecular weight is 357 g/mol. The molecule has 0 aromatic carbocycles. The predicted octanol–water partition coefficient (Wildman–Crippen LogP) is 2.03. The zero-order valence-corrected chi connectivity index (χ0v) is 15.2. The third-order valence-corrected chi connectivity index (χ3v) is 5.15. The quantitative estimate of drug-likeness (QED) is 0.728. The Morgan fingerprint density at radius 2 is 2.19 bits per heavy atom. The molecule has 1 saturated carbocycles. The van der Waals surface area contributed by atoms with E-state index < -0.39 is 0 Å². The molecule has 2 aromatic heterocycles. The van der Waals surface area contributed by atoms with Gasteiger partial charge in [0.25, 0.3) is 0 Å². The van der Waals surface area contributed by atoms with E-state index in [1.165, 1.54) is 31.4 Å². The smallest absolute Gasteiger partial charge is 0.227 e. The number of nitrogens with one attached hydrogen (secondary N) is 3. The molecular formula is C18H27N7O. The largest absolute Gasteiger partial charge is 0.373 e. The molecule has 0 unspecified atom stereocenters. The first-order valence-electron chi connectivity index (χ1n) is 9.48. The van der Waals surface area contributed by atoms with Crippen LogP contribution in [0.25, 0.3) is 0 Å². The number of anilines is 3. The number of hydrogen-bond donors (Lipinski definition) is 3. The molecule has 3 heterocycles. The second-order valence-corrected chi connectivity index (χ2v) is 7.05. The summed E-state index contributed by atoms with van der Waals surface area (Å²) in [6, 6.07) is 3.98. The topological polar surface area (TPSA) is 91.0 Å². The number of likely N-dealkylation sites (N-methyl/N-ethyl adjacent to an activating group) is 1. The van der Waals surface area contributed by atoms with Crippen LogP contribution in [0.5, 0.6) is 0 Å². The summed E-state index contributed by atoms with van der Waals surface area (Å²) in [5.74, 6) is 2.92. The molecule has 1 aliphatic carbocycles. The minimum absolute atomic E-state index is 0.161. The van der Waals surface area contributed by atoms with Crippen LogP contribution in [0.2, 0.25) is 0 Å². The van der Waals surface area contributed by atoms with Crippen molar-refractivity contribution in [1.29, 1.82) is 0 Å². The summed E-state index contributed by atoms with van der Waals surface area (Å²) < 4.78 is 5.76. The minimum Gasteiger partial charge on any atom is -0.373 e. The number of H-pyrrole nitrogens is 1. The summed E-state index contributed by atoms with van der Waals surface area (Å²) in [4.78, 5) is 11.3. The van der Waals surface area contributed by atoms with Gasteiger partial charge in [0.05, 0.1) is 12.7 Å². The first kappa shape index (κ1) is 17.2. The highest BCUT2D eigenvalue weighted by Gasteiger charge is 2.22. The van der Waals surface area contributed by atoms with E-state index in [4.69, 9.17) is 4.74 Å². The van der Waals surface area contributed by atoms with Gasteiger partial charge in [0, 0.05) is 43.5 Å². The Kier molecular flexibility index (Phi) is 5.31. The fourth-order valence-electron chi connectivity index (χ4n) is 3.80. The van der Waals surface area contributed by atoms with Crippen LogP contribution in [-0.2, 0) is 4.74 Å². The van der Waals surface area contributed by atoms with Crippen molar-refractivity contribution >= 4 is 17.6 Å². The maximum absolute atomic E-state index is 5.76. The van der Waals surface area contributed by atoms with Gasteiger partial charge in [-0.05, 0) is 26.0 Å². The van der Waals surface area contributed by atoms with Gasteiger partial charge in [-0.15, -0.1) is 0 Å². The highest BCUT2D eigenvalue weighted by atomic mass is 16.5. The number of aromatic nitrogens is 4. The molecule has 8 nitrogen and oxygen atoms in total. The molecule has 1 aliphatic heterocycles. The fourth-order valence-corrected chi connectivity index (χ4v) is 3.80. The standard InChI is InChI=1S/C18H27N7O/c1-19-11-14-12-25(8-9-26-14)18-20-7-6-16(22-18)21-17-10-15(23-24-17)13-4-2-3-5-13/h6-7,10,13-14,19H,2-5,8-9,11-12H2,1H3,(H2,20,21,22,23,24)/t14-/m1/s1. The Labute approximate surface area is 153 Å². The zero-order chi connectivity index (χ0) is 17.8. The average Bonchev–Trinajstić information content (AvgIpc) is 3.34. The van der Waals surface area contributed by atoms with Crippen molar-refractivity contribution < 1.29 is 4.74 Å². The number of morpholine rings is 1. The first-order chi connectivity index (χ1) is 12.8. The fraction of sp³-hybridized carbons (Fsp3) is 0.611. The monoisotopic (exact) mass is 357 g/mol. The third kappa shape index (κ3) is 3.96. The van der Waals surface area contributed by atoms with Gasteiger partial charge in [-0.3, -0.25) is 5.10 Å². The molecule has 0 spiro atoms. The molecule has 3 N–H and O–H groups in total. The Morgan fingerprint density at radius 3 is 3.04 bits per heavy atom. The molecule has 0 bridgehead atoms. The van der Waals surface area contributed by atoms with Crippen molar-refractivity contribution in [3.63, 3.8) is 0 Å². The van der Waals surface area contributed by atoms with Crippen LogP contribution in [0, 0.1) is 0 Å². The van der Waals surface area contributed by atoms with Crippen LogP contribution < -0.4 is 15.5 Å². The van der Waals surface area contributed by atoms with Gasteiger partial charge >= 0.3 is 0 Å². The van der Waals surface area contributed by atoms with Crippen LogP contribution in [0.15, 0.2) is 18.3 Å². The molecule has 140 valence electrons. The van der Waals surface area contributed by atoms with Gasteiger partial charge in [-0.1, -0.05) is 12.8 Å². The Morgan fingerprint density at radius 1 is 1.31 bits per heavy atom. The summed E-state index contributed by atoms with van der Waals surface area (Å²) in [7, 11) is 1.94. The lowest BCUT2D eigenvalue weighted by atomic mass is 10.0. The van der Waals surface area contributed by atoms with E-state index >= 15 is 0 Å².